The Balaban J connectivity index is 2.16. The molecule has 1 heterocycles. The molecule has 19 heavy (non-hydrogen) atoms. The van der Waals surface area contributed by atoms with Gasteiger partial charge < -0.3 is 5.32 Å². The van der Waals surface area contributed by atoms with Crippen LogP contribution in [0.1, 0.15) is 36.2 Å². The molecule has 0 saturated heterocycles. The van der Waals surface area contributed by atoms with E-state index in [0.717, 1.165) is 25.1 Å². The van der Waals surface area contributed by atoms with Gasteiger partial charge >= 0.3 is 0 Å². The summed E-state index contributed by atoms with van der Waals surface area (Å²) >= 11 is 0. The predicted octanol–water partition coefficient (Wildman–Crippen LogP) is 3.67. The fourth-order valence-electron chi connectivity index (χ4n) is 2.24. The van der Waals surface area contributed by atoms with Gasteiger partial charge in [0, 0.05) is 24.4 Å². The lowest BCUT2D eigenvalue weighted by Gasteiger charge is -2.19. The highest BCUT2D eigenvalue weighted by atomic mass is 14.9. The van der Waals surface area contributed by atoms with E-state index in [1.165, 1.54) is 11.1 Å². The normalized spacial score (nSPS) is 12.3. The molecule has 0 amide bonds. The maximum absolute atomic E-state index is 4.43. The van der Waals surface area contributed by atoms with Crippen LogP contribution in [0.15, 0.2) is 48.7 Å². The molecule has 0 aliphatic carbocycles. The van der Waals surface area contributed by atoms with Crippen LogP contribution in [-0.4, -0.2) is 11.5 Å². The van der Waals surface area contributed by atoms with Crippen LogP contribution in [0.4, 0.5) is 0 Å². The van der Waals surface area contributed by atoms with Crippen LogP contribution < -0.4 is 5.32 Å². The number of aryl methyl sites for hydroxylation is 1. The van der Waals surface area contributed by atoms with E-state index in [0.29, 0.717) is 6.04 Å². The molecule has 1 N–H and O–H groups in total. The third-order valence-corrected chi connectivity index (χ3v) is 3.22. The molecule has 0 aliphatic rings. The highest BCUT2D eigenvalue weighted by Gasteiger charge is 2.12. The Morgan fingerprint density at radius 1 is 1.16 bits per heavy atom. The minimum atomic E-state index is 0.342. The highest BCUT2D eigenvalue weighted by Crippen LogP contribution is 2.18. The molecule has 0 spiro atoms. The molecule has 1 unspecified atom stereocenters. The minimum absolute atomic E-state index is 0.342. The van der Waals surface area contributed by atoms with Crippen LogP contribution in [0, 0.1) is 6.92 Å². The average Bonchev–Trinajstić information content (AvgIpc) is 2.44. The zero-order valence-electron chi connectivity index (χ0n) is 11.8. The number of nitrogens with zero attached hydrogens (tertiary/aromatic N) is 1. The third kappa shape index (κ3) is 4.18. The molecule has 0 bridgehead atoms. The maximum Gasteiger partial charge on any atom is 0.0422 e. The van der Waals surface area contributed by atoms with Gasteiger partial charge in [-0.1, -0.05) is 42.8 Å². The van der Waals surface area contributed by atoms with E-state index in [1.54, 1.807) is 0 Å². The second-order valence-corrected chi connectivity index (χ2v) is 4.95. The first-order chi connectivity index (χ1) is 9.29. The summed E-state index contributed by atoms with van der Waals surface area (Å²) in [6.45, 7) is 5.37. The SMILES string of the molecule is CCCNC(Cc1ccccn1)c1cccc(C)c1. The molecule has 2 nitrogen and oxygen atoms in total. The lowest BCUT2D eigenvalue weighted by molar-refractivity contribution is 0.524. The van der Waals surface area contributed by atoms with Gasteiger partial charge in [-0.05, 0) is 37.6 Å². The van der Waals surface area contributed by atoms with Crippen molar-refractivity contribution in [3.63, 3.8) is 0 Å². The molecule has 1 aromatic carbocycles. The molecule has 1 aromatic heterocycles. The summed E-state index contributed by atoms with van der Waals surface area (Å²) in [5, 5.41) is 3.62. The number of hydrogen-bond donors (Lipinski definition) is 1. The molecule has 100 valence electrons. The zero-order chi connectivity index (χ0) is 13.5. The van der Waals surface area contributed by atoms with E-state index in [4.69, 9.17) is 0 Å². The van der Waals surface area contributed by atoms with Gasteiger partial charge in [0.1, 0.15) is 0 Å². The summed E-state index contributed by atoms with van der Waals surface area (Å²) in [6, 6.07) is 15.2. The highest BCUT2D eigenvalue weighted by molar-refractivity contribution is 5.26. The predicted molar refractivity (Wildman–Crippen MR) is 80.2 cm³/mol. The third-order valence-electron chi connectivity index (χ3n) is 3.22. The zero-order valence-corrected chi connectivity index (χ0v) is 11.8. The molecule has 2 rings (SSSR count). The quantitative estimate of drug-likeness (QED) is 0.850. The number of hydrogen-bond acceptors (Lipinski definition) is 2. The van der Waals surface area contributed by atoms with E-state index in [9.17, 15) is 0 Å². The molecule has 2 aromatic rings. The topological polar surface area (TPSA) is 24.9 Å². The van der Waals surface area contributed by atoms with Crippen LogP contribution in [0.25, 0.3) is 0 Å². The van der Waals surface area contributed by atoms with Crippen molar-refractivity contribution in [1.82, 2.24) is 10.3 Å². The van der Waals surface area contributed by atoms with Crippen LogP contribution in [0.2, 0.25) is 0 Å². The second-order valence-electron chi connectivity index (χ2n) is 4.95. The lowest BCUT2D eigenvalue weighted by Crippen LogP contribution is -2.24. The summed E-state index contributed by atoms with van der Waals surface area (Å²) in [7, 11) is 0. The number of aromatic nitrogens is 1. The Morgan fingerprint density at radius 3 is 2.74 bits per heavy atom. The Bertz CT molecular complexity index is 494. The summed E-state index contributed by atoms with van der Waals surface area (Å²) in [5.74, 6) is 0. The fourth-order valence-corrected chi connectivity index (χ4v) is 2.24. The second kappa shape index (κ2) is 7.05. The first-order valence-corrected chi connectivity index (χ1v) is 6.99. The molecule has 0 saturated carbocycles. The smallest absolute Gasteiger partial charge is 0.0422 e. The molecule has 2 heteroatoms. The van der Waals surface area contributed by atoms with Crippen molar-refractivity contribution in [3.05, 3.63) is 65.5 Å². The van der Waals surface area contributed by atoms with Crippen molar-refractivity contribution in [3.8, 4) is 0 Å². The van der Waals surface area contributed by atoms with E-state index in [-0.39, 0.29) is 0 Å². The maximum atomic E-state index is 4.43. The molecule has 0 radical (unpaired) electrons. The Labute approximate surface area is 115 Å². The van der Waals surface area contributed by atoms with Gasteiger partial charge in [0.2, 0.25) is 0 Å². The van der Waals surface area contributed by atoms with E-state index < -0.39 is 0 Å². The van der Waals surface area contributed by atoms with Crippen LogP contribution in [-0.2, 0) is 6.42 Å². The Hall–Kier alpha value is -1.67. The standard InChI is InChI=1S/C17H22N2/c1-3-10-19-17(13-16-9-4-5-11-18-16)15-8-6-7-14(2)12-15/h4-9,11-12,17,19H,3,10,13H2,1-2H3. The van der Waals surface area contributed by atoms with E-state index >= 15 is 0 Å². The number of benzene rings is 1. The van der Waals surface area contributed by atoms with Crippen molar-refractivity contribution >= 4 is 0 Å². The summed E-state index contributed by atoms with van der Waals surface area (Å²) in [5.41, 5.74) is 3.79. The average molecular weight is 254 g/mol. The van der Waals surface area contributed by atoms with E-state index in [1.807, 2.05) is 12.3 Å². The van der Waals surface area contributed by atoms with Crippen molar-refractivity contribution in [1.29, 1.82) is 0 Å². The molecule has 0 fully saturated rings. The summed E-state index contributed by atoms with van der Waals surface area (Å²) < 4.78 is 0. The van der Waals surface area contributed by atoms with Gasteiger partial charge in [-0.15, -0.1) is 0 Å². The van der Waals surface area contributed by atoms with Crippen molar-refractivity contribution in [2.75, 3.05) is 6.54 Å². The molecule has 1 atom stereocenters. The summed E-state index contributed by atoms with van der Waals surface area (Å²) in [6.07, 6.45) is 3.94. The first kappa shape index (κ1) is 13.8. The Kier molecular flexibility index (Phi) is 5.10. The lowest BCUT2D eigenvalue weighted by atomic mass is 10.00. The van der Waals surface area contributed by atoms with Gasteiger partial charge in [-0.25, -0.2) is 0 Å². The number of nitrogens with one attached hydrogen (secondary N) is 1. The van der Waals surface area contributed by atoms with Crippen LogP contribution in [0.3, 0.4) is 0 Å². The Morgan fingerprint density at radius 2 is 2.05 bits per heavy atom. The molecule has 0 aliphatic heterocycles. The largest absolute Gasteiger partial charge is 0.310 e. The number of pyridine rings is 1. The van der Waals surface area contributed by atoms with Gasteiger partial charge in [-0.2, -0.15) is 0 Å². The van der Waals surface area contributed by atoms with E-state index in [2.05, 4.69) is 60.5 Å². The minimum Gasteiger partial charge on any atom is -0.310 e. The van der Waals surface area contributed by atoms with Gasteiger partial charge in [0.15, 0.2) is 0 Å². The molecular weight excluding hydrogens is 232 g/mol. The molecular formula is C17H22N2. The first-order valence-electron chi connectivity index (χ1n) is 6.99. The van der Waals surface area contributed by atoms with Gasteiger partial charge in [-0.3, -0.25) is 4.98 Å². The van der Waals surface area contributed by atoms with Crippen molar-refractivity contribution in [2.24, 2.45) is 0 Å². The fraction of sp³-hybridized carbons (Fsp3) is 0.353. The van der Waals surface area contributed by atoms with Crippen LogP contribution >= 0.6 is 0 Å². The van der Waals surface area contributed by atoms with Crippen molar-refractivity contribution in [2.45, 2.75) is 32.7 Å². The summed E-state index contributed by atoms with van der Waals surface area (Å²) in [4.78, 5) is 4.43. The van der Waals surface area contributed by atoms with Crippen molar-refractivity contribution < 1.29 is 0 Å². The van der Waals surface area contributed by atoms with Crippen LogP contribution in [0.5, 0.6) is 0 Å². The van der Waals surface area contributed by atoms with Gasteiger partial charge in [0.05, 0.1) is 0 Å². The van der Waals surface area contributed by atoms with Gasteiger partial charge in [0.25, 0.3) is 0 Å². The number of rotatable bonds is 6. The monoisotopic (exact) mass is 254 g/mol.